The van der Waals surface area contributed by atoms with Crippen LogP contribution in [0.2, 0.25) is 5.02 Å². The first-order valence-corrected chi connectivity index (χ1v) is 6.48. The van der Waals surface area contributed by atoms with Gasteiger partial charge >= 0.3 is 0 Å². The highest BCUT2D eigenvalue weighted by Gasteiger charge is 2.35. The van der Waals surface area contributed by atoms with Crippen LogP contribution >= 0.6 is 11.6 Å². The Morgan fingerprint density at radius 3 is 2.89 bits per heavy atom. The van der Waals surface area contributed by atoms with Gasteiger partial charge in [0.2, 0.25) is 5.82 Å². The maximum absolute atomic E-state index is 5.90. The molecule has 1 atom stereocenters. The molecule has 100 valence electrons. The van der Waals surface area contributed by atoms with Crippen molar-refractivity contribution in [3.63, 3.8) is 0 Å². The number of halogens is 1. The summed E-state index contributed by atoms with van der Waals surface area (Å²) in [5.74, 6) is 1.47. The van der Waals surface area contributed by atoms with E-state index in [0.717, 1.165) is 12.8 Å². The lowest BCUT2D eigenvalue weighted by molar-refractivity contribution is 0.0751. The van der Waals surface area contributed by atoms with Gasteiger partial charge in [0, 0.05) is 17.8 Å². The number of anilines is 1. The summed E-state index contributed by atoms with van der Waals surface area (Å²) in [6.45, 7) is 0. The maximum atomic E-state index is 5.90. The van der Waals surface area contributed by atoms with Crippen LogP contribution in [0.25, 0.3) is 11.5 Å². The second kappa shape index (κ2) is 4.83. The number of rotatable bonds is 4. The van der Waals surface area contributed by atoms with Crippen molar-refractivity contribution in [1.82, 2.24) is 10.1 Å². The van der Waals surface area contributed by atoms with Gasteiger partial charge in [-0.1, -0.05) is 16.8 Å². The van der Waals surface area contributed by atoms with Crippen molar-refractivity contribution >= 4 is 17.3 Å². The molecule has 1 fully saturated rings. The van der Waals surface area contributed by atoms with Gasteiger partial charge in [0.05, 0.1) is 5.56 Å². The molecule has 1 unspecified atom stereocenters. The van der Waals surface area contributed by atoms with Crippen LogP contribution in [0.5, 0.6) is 0 Å². The monoisotopic (exact) mass is 279 g/mol. The zero-order valence-corrected chi connectivity index (χ0v) is 11.2. The van der Waals surface area contributed by atoms with Gasteiger partial charge in [0.15, 0.2) is 0 Å². The Bertz CT molecular complexity index is 595. The van der Waals surface area contributed by atoms with Crippen LogP contribution in [0.1, 0.15) is 24.8 Å². The van der Waals surface area contributed by atoms with Gasteiger partial charge in [-0.15, -0.1) is 0 Å². The number of nitrogens with two attached hydrogens (primary N) is 1. The first kappa shape index (κ1) is 12.4. The zero-order chi connectivity index (χ0) is 13.4. The van der Waals surface area contributed by atoms with Gasteiger partial charge in [-0.3, -0.25) is 0 Å². The standard InChI is InChI=1S/C13H14ClN3O2/c1-18-11(7-2-3-7)12-16-13(19-17-12)9-5-4-8(14)6-10(9)15/h4-7,11H,2-3,15H2,1H3. The van der Waals surface area contributed by atoms with Gasteiger partial charge in [-0.25, -0.2) is 0 Å². The lowest BCUT2D eigenvalue weighted by Crippen LogP contribution is -2.05. The van der Waals surface area contributed by atoms with E-state index in [1.165, 1.54) is 0 Å². The summed E-state index contributed by atoms with van der Waals surface area (Å²) in [7, 11) is 1.66. The zero-order valence-electron chi connectivity index (χ0n) is 10.5. The van der Waals surface area contributed by atoms with Crippen molar-refractivity contribution in [3.05, 3.63) is 29.0 Å². The molecule has 6 heteroatoms. The Kier molecular flexibility index (Phi) is 3.16. The number of benzene rings is 1. The largest absolute Gasteiger partial charge is 0.398 e. The third-order valence-corrected chi connectivity index (χ3v) is 3.48. The third-order valence-electron chi connectivity index (χ3n) is 3.24. The minimum Gasteiger partial charge on any atom is -0.398 e. The average molecular weight is 280 g/mol. The van der Waals surface area contributed by atoms with E-state index < -0.39 is 0 Å². The molecule has 19 heavy (non-hydrogen) atoms. The average Bonchev–Trinajstić information content (AvgIpc) is 3.09. The normalized spacial score (nSPS) is 16.5. The SMILES string of the molecule is COC(c1noc(-c2ccc(Cl)cc2N)n1)C1CC1. The van der Waals surface area contributed by atoms with Crippen LogP contribution in [-0.4, -0.2) is 17.3 Å². The molecular formula is C13H14ClN3O2. The Labute approximate surface area is 115 Å². The number of ether oxygens (including phenoxy) is 1. The summed E-state index contributed by atoms with van der Waals surface area (Å²) in [5, 5.41) is 4.57. The van der Waals surface area contributed by atoms with Gasteiger partial charge < -0.3 is 15.0 Å². The second-order valence-corrected chi connectivity index (χ2v) is 5.12. The Hall–Kier alpha value is -1.59. The quantitative estimate of drug-likeness (QED) is 0.871. The Morgan fingerprint density at radius 1 is 1.47 bits per heavy atom. The van der Waals surface area contributed by atoms with Gasteiger partial charge in [-0.05, 0) is 37.0 Å². The molecule has 0 bridgehead atoms. The molecule has 1 saturated carbocycles. The van der Waals surface area contributed by atoms with E-state index in [9.17, 15) is 0 Å². The Balaban J connectivity index is 1.91. The molecule has 1 heterocycles. The van der Waals surface area contributed by atoms with Gasteiger partial charge in [0.1, 0.15) is 6.10 Å². The van der Waals surface area contributed by atoms with Crippen molar-refractivity contribution in [3.8, 4) is 11.5 Å². The minimum atomic E-state index is -0.0916. The summed E-state index contributed by atoms with van der Waals surface area (Å²) in [4.78, 5) is 4.38. The maximum Gasteiger partial charge on any atom is 0.260 e. The molecule has 1 aromatic carbocycles. The molecule has 1 aliphatic carbocycles. The van der Waals surface area contributed by atoms with Crippen molar-refractivity contribution in [1.29, 1.82) is 0 Å². The predicted molar refractivity (Wildman–Crippen MR) is 71.6 cm³/mol. The molecule has 2 N–H and O–H groups in total. The van der Waals surface area contributed by atoms with Crippen molar-refractivity contribution < 1.29 is 9.26 Å². The number of nitrogens with zero attached hydrogens (tertiary/aromatic N) is 2. The van der Waals surface area contributed by atoms with Gasteiger partial charge in [0.25, 0.3) is 5.89 Å². The van der Waals surface area contributed by atoms with Gasteiger partial charge in [-0.2, -0.15) is 4.98 Å². The molecule has 0 aliphatic heterocycles. The fourth-order valence-electron chi connectivity index (χ4n) is 2.10. The third kappa shape index (κ3) is 2.43. The summed E-state index contributed by atoms with van der Waals surface area (Å²) in [5.41, 5.74) is 7.11. The van der Waals surface area contributed by atoms with Crippen LogP contribution in [0, 0.1) is 5.92 Å². The van der Waals surface area contributed by atoms with E-state index in [1.54, 1.807) is 25.3 Å². The molecule has 3 rings (SSSR count). The Morgan fingerprint density at radius 2 is 2.26 bits per heavy atom. The lowest BCUT2D eigenvalue weighted by Gasteiger charge is -2.08. The van der Waals surface area contributed by atoms with Crippen LogP contribution < -0.4 is 5.73 Å². The lowest BCUT2D eigenvalue weighted by atomic mass is 10.2. The smallest absolute Gasteiger partial charge is 0.260 e. The summed E-state index contributed by atoms with van der Waals surface area (Å²) < 4.78 is 10.7. The van der Waals surface area contributed by atoms with E-state index >= 15 is 0 Å². The molecule has 1 aliphatic rings. The number of hydrogen-bond acceptors (Lipinski definition) is 5. The van der Waals surface area contributed by atoms with Crippen LogP contribution in [0.4, 0.5) is 5.69 Å². The van der Waals surface area contributed by atoms with E-state index in [1.807, 2.05) is 0 Å². The highest BCUT2D eigenvalue weighted by atomic mass is 35.5. The summed E-state index contributed by atoms with van der Waals surface area (Å²) >= 11 is 5.87. The summed E-state index contributed by atoms with van der Waals surface area (Å²) in [6.07, 6.45) is 2.20. The van der Waals surface area contributed by atoms with E-state index in [4.69, 9.17) is 26.6 Å². The van der Waals surface area contributed by atoms with Crippen molar-refractivity contribution in [2.24, 2.45) is 5.92 Å². The number of nitrogen functional groups attached to an aromatic ring is 1. The number of methoxy groups -OCH3 is 1. The fraction of sp³-hybridized carbons (Fsp3) is 0.385. The highest BCUT2D eigenvalue weighted by molar-refractivity contribution is 6.31. The van der Waals surface area contributed by atoms with E-state index in [-0.39, 0.29) is 6.10 Å². The summed E-state index contributed by atoms with van der Waals surface area (Å²) in [6, 6.07) is 5.18. The van der Waals surface area contributed by atoms with E-state index in [2.05, 4.69) is 10.1 Å². The second-order valence-electron chi connectivity index (χ2n) is 4.68. The number of hydrogen-bond donors (Lipinski definition) is 1. The molecule has 0 amide bonds. The molecule has 1 aromatic heterocycles. The first-order chi connectivity index (χ1) is 9.19. The van der Waals surface area contributed by atoms with Crippen molar-refractivity contribution in [2.75, 3.05) is 12.8 Å². The molecule has 0 spiro atoms. The highest BCUT2D eigenvalue weighted by Crippen LogP contribution is 2.42. The van der Waals surface area contributed by atoms with E-state index in [0.29, 0.717) is 33.9 Å². The molecule has 2 aromatic rings. The fourth-order valence-corrected chi connectivity index (χ4v) is 2.28. The number of aromatic nitrogens is 2. The molecule has 0 radical (unpaired) electrons. The first-order valence-electron chi connectivity index (χ1n) is 6.11. The van der Waals surface area contributed by atoms with Crippen LogP contribution in [0.3, 0.4) is 0 Å². The van der Waals surface area contributed by atoms with Crippen molar-refractivity contribution in [2.45, 2.75) is 18.9 Å². The molecular weight excluding hydrogens is 266 g/mol. The predicted octanol–water partition coefficient (Wildman–Crippen LogP) is 3.07. The van der Waals surface area contributed by atoms with Crippen LogP contribution in [-0.2, 0) is 4.74 Å². The molecule has 5 nitrogen and oxygen atoms in total. The minimum absolute atomic E-state index is 0.0916. The van der Waals surface area contributed by atoms with Crippen LogP contribution in [0.15, 0.2) is 22.7 Å². The topological polar surface area (TPSA) is 74.2 Å². The molecule has 0 saturated heterocycles.